The minimum absolute atomic E-state index is 0. The molecule has 28 heavy (non-hydrogen) atoms. The smallest absolute Gasteiger partial charge is 0.191 e. The molecular formula is C19H26FIN4O2S. The van der Waals surface area contributed by atoms with E-state index >= 15 is 0 Å². The third-order valence-electron chi connectivity index (χ3n) is 4.24. The fraction of sp³-hybridized carbons (Fsp3) is 0.474. The van der Waals surface area contributed by atoms with Crippen molar-refractivity contribution in [3.63, 3.8) is 0 Å². The Morgan fingerprint density at radius 3 is 2.79 bits per heavy atom. The normalized spacial score (nSPS) is 13.3. The fourth-order valence-electron chi connectivity index (χ4n) is 2.89. The van der Waals surface area contributed by atoms with Crippen molar-refractivity contribution in [2.75, 3.05) is 26.9 Å². The van der Waals surface area contributed by atoms with Crippen LogP contribution in [0, 0.1) is 5.82 Å². The summed E-state index contributed by atoms with van der Waals surface area (Å²) in [5.74, 6) is 1.19. The molecule has 3 rings (SSSR count). The number of thiazole rings is 1. The van der Waals surface area contributed by atoms with Gasteiger partial charge >= 0.3 is 0 Å². The molecule has 154 valence electrons. The van der Waals surface area contributed by atoms with Gasteiger partial charge in [0, 0.05) is 43.2 Å². The minimum Gasteiger partial charge on any atom is -0.467 e. The zero-order valence-corrected chi connectivity index (χ0v) is 19.2. The number of aliphatic imine (C=N–C) groups is 1. The molecule has 1 aliphatic rings. The van der Waals surface area contributed by atoms with E-state index in [4.69, 9.17) is 9.47 Å². The van der Waals surface area contributed by atoms with Crippen LogP contribution in [0.4, 0.5) is 4.39 Å². The maximum atomic E-state index is 13.8. The zero-order chi connectivity index (χ0) is 19.1. The van der Waals surface area contributed by atoms with Gasteiger partial charge in [0.2, 0.25) is 0 Å². The van der Waals surface area contributed by atoms with Gasteiger partial charge in [0.05, 0.1) is 11.6 Å². The first-order valence-electron chi connectivity index (χ1n) is 9.09. The number of halogens is 2. The summed E-state index contributed by atoms with van der Waals surface area (Å²) in [5.41, 5.74) is 1.60. The summed E-state index contributed by atoms with van der Waals surface area (Å²) in [4.78, 5) is 9.95. The Bertz CT molecular complexity index is 800. The molecule has 0 saturated heterocycles. The average Bonchev–Trinajstić information content (AvgIpc) is 3.14. The van der Waals surface area contributed by atoms with Crippen LogP contribution in [0.3, 0.4) is 0 Å². The lowest BCUT2D eigenvalue weighted by Gasteiger charge is -2.21. The number of fused-ring (bicyclic) bond motifs is 1. The van der Waals surface area contributed by atoms with Crippen LogP contribution >= 0.6 is 35.3 Å². The summed E-state index contributed by atoms with van der Waals surface area (Å²) in [7, 11) is 1.73. The Balaban J connectivity index is 0.00000280. The van der Waals surface area contributed by atoms with Crippen molar-refractivity contribution in [3.8, 4) is 5.75 Å². The predicted octanol–water partition coefficient (Wildman–Crippen LogP) is 3.28. The van der Waals surface area contributed by atoms with Gasteiger partial charge in [0.15, 0.2) is 12.8 Å². The number of rotatable bonds is 7. The van der Waals surface area contributed by atoms with E-state index in [0.29, 0.717) is 19.6 Å². The second-order valence-electron chi connectivity index (χ2n) is 6.16. The van der Waals surface area contributed by atoms with Crippen molar-refractivity contribution in [1.82, 2.24) is 15.6 Å². The number of aryl methyl sites for hydroxylation is 1. The molecule has 1 aliphatic heterocycles. The summed E-state index contributed by atoms with van der Waals surface area (Å²) >= 11 is 1.75. The topological polar surface area (TPSA) is 67.8 Å². The van der Waals surface area contributed by atoms with Crippen molar-refractivity contribution >= 4 is 41.3 Å². The maximum absolute atomic E-state index is 13.8. The van der Waals surface area contributed by atoms with E-state index in [1.165, 1.54) is 17.0 Å². The number of hydrogen-bond donors (Lipinski definition) is 2. The minimum atomic E-state index is -0.268. The van der Waals surface area contributed by atoms with Crippen molar-refractivity contribution in [2.24, 2.45) is 4.99 Å². The van der Waals surface area contributed by atoms with Crippen LogP contribution in [0.25, 0.3) is 0 Å². The first kappa shape index (κ1) is 22.8. The van der Waals surface area contributed by atoms with Gasteiger partial charge in [-0.25, -0.2) is 9.37 Å². The molecule has 9 heteroatoms. The van der Waals surface area contributed by atoms with Gasteiger partial charge in [-0.15, -0.1) is 35.3 Å². The molecule has 0 fully saturated rings. The summed E-state index contributed by atoms with van der Waals surface area (Å²) in [6.45, 7) is 4.10. The van der Waals surface area contributed by atoms with Crippen LogP contribution in [-0.4, -0.2) is 37.9 Å². The number of ether oxygens (including phenoxy) is 2. The van der Waals surface area contributed by atoms with Crippen molar-refractivity contribution in [1.29, 1.82) is 0 Å². The summed E-state index contributed by atoms with van der Waals surface area (Å²) in [6.07, 6.45) is 4.46. The second kappa shape index (κ2) is 11.5. The van der Waals surface area contributed by atoms with Crippen molar-refractivity contribution < 1.29 is 13.9 Å². The third kappa shape index (κ3) is 6.28. The number of benzene rings is 1. The largest absolute Gasteiger partial charge is 0.467 e. The SMILES string of the molecule is CCc1cnc(CCNC(=NC)NCCc2cc(F)cc3c2OCOC3)s1.I. The molecule has 0 radical (unpaired) electrons. The van der Waals surface area contributed by atoms with E-state index in [1.54, 1.807) is 18.4 Å². The number of guanidine groups is 1. The summed E-state index contributed by atoms with van der Waals surface area (Å²) < 4.78 is 24.6. The van der Waals surface area contributed by atoms with E-state index in [2.05, 4.69) is 27.5 Å². The highest BCUT2D eigenvalue weighted by molar-refractivity contribution is 14.0. The van der Waals surface area contributed by atoms with Gasteiger partial charge in [-0.2, -0.15) is 0 Å². The quantitative estimate of drug-likeness (QED) is 0.333. The number of aromatic nitrogens is 1. The first-order chi connectivity index (χ1) is 13.2. The van der Waals surface area contributed by atoms with E-state index in [1.807, 2.05) is 6.20 Å². The van der Waals surface area contributed by atoms with E-state index in [0.717, 1.165) is 47.2 Å². The second-order valence-corrected chi connectivity index (χ2v) is 7.36. The van der Waals surface area contributed by atoms with E-state index in [9.17, 15) is 4.39 Å². The predicted molar refractivity (Wildman–Crippen MR) is 120 cm³/mol. The summed E-state index contributed by atoms with van der Waals surface area (Å²) in [6, 6.07) is 2.99. The molecule has 0 saturated carbocycles. The monoisotopic (exact) mass is 520 g/mol. The highest BCUT2D eigenvalue weighted by atomic mass is 127. The zero-order valence-electron chi connectivity index (χ0n) is 16.1. The van der Waals surface area contributed by atoms with Gasteiger partial charge in [-0.05, 0) is 30.5 Å². The Hall–Kier alpha value is -1.46. The number of nitrogens with zero attached hydrogens (tertiary/aromatic N) is 2. The van der Waals surface area contributed by atoms with Crippen LogP contribution in [0.1, 0.15) is 27.9 Å². The Morgan fingerprint density at radius 1 is 1.29 bits per heavy atom. The standard InChI is InChI=1S/C19H25FN4O2S.HI/c1-3-16-10-24-17(27-16)5-7-23-19(21-2)22-6-4-13-8-15(20)9-14-11-25-12-26-18(13)14;/h8-10H,3-7,11-12H2,1-2H3,(H2,21,22,23);1H. The van der Waals surface area contributed by atoms with Crippen LogP contribution in [0.2, 0.25) is 0 Å². The highest BCUT2D eigenvalue weighted by Gasteiger charge is 2.16. The molecule has 2 N–H and O–H groups in total. The molecule has 2 heterocycles. The average molecular weight is 520 g/mol. The van der Waals surface area contributed by atoms with Gasteiger partial charge < -0.3 is 20.1 Å². The Kier molecular flexibility index (Phi) is 9.39. The van der Waals surface area contributed by atoms with Gasteiger partial charge in [0.1, 0.15) is 11.6 Å². The molecule has 1 aromatic carbocycles. The van der Waals surface area contributed by atoms with Crippen LogP contribution in [0.5, 0.6) is 5.75 Å². The lowest BCUT2D eigenvalue weighted by Crippen LogP contribution is -2.39. The molecule has 0 aliphatic carbocycles. The van der Waals surface area contributed by atoms with Crippen molar-refractivity contribution in [2.45, 2.75) is 32.8 Å². The molecule has 2 aromatic rings. The fourth-order valence-corrected chi connectivity index (χ4v) is 3.76. The Morgan fingerprint density at radius 2 is 2.07 bits per heavy atom. The van der Waals surface area contributed by atoms with E-state index in [-0.39, 0.29) is 36.6 Å². The van der Waals surface area contributed by atoms with Gasteiger partial charge in [-0.3, -0.25) is 4.99 Å². The first-order valence-corrected chi connectivity index (χ1v) is 9.91. The van der Waals surface area contributed by atoms with E-state index < -0.39 is 0 Å². The molecule has 0 spiro atoms. The lowest BCUT2D eigenvalue weighted by molar-refractivity contribution is -0.0172. The molecule has 0 amide bonds. The Labute approximate surface area is 186 Å². The lowest BCUT2D eigenvalue weighted by atomic mass is 10.1. The van der Waals surface area contributed by atoms with Gasteiger partial charge in [0.25, 0.3) is 0 Å². The molecule has 1 aromatic heterocycles. The third-order valence-corrected chi connectivity index (χ3v) is 5.44. The summed E-state index contributed by atoms with van der Waals surface area (Å²) in [5, 5.41) is 7.67. The van der Waals surface area contributed by atoms with Crippen LogP contribution in [0.15, 0.2) is 23.3 Å². The highest BCUT2D eigenvalue weighted by Crippen LogP contribution is 2.29. The van der Waals surface area contributed by atoms with Crippen molar-refractivity contribution in [3.05, 3.63) is 45.2 Å². The maximum Gasteiger partial charge on any atom is 0.191 e. The van der Waals surface area contributed by atoms with Crippen LogP contribution in [-0.2, 0) is 30.6 Å². The molecule has 0 bridgehead atoms. The number of nitrogens with one attached hydrogen (secondary N) is 2. The van der Waals surface area contributed by atoms with Gasteiger partial charge in [-0.1, -0.05) is 6.92 Å². The molecule has 0 atom stereocenters. The van der Waals surface area contributed by atoms with Crippen LogP contribution < -0.4 is 15.4 Å². The number of hydrogen-bond acceptors (Lipinski definition) is 5. The molecular weight excluding hydrogens is 494 g/mol. The molecule has 6 nitrogen and oxygen atoms in total. The molecule has 0 unspecified atom stereocenters.